The first-order valence-corrected chi connectivity index (χ1v) is 13.0. The number of hydrogen-bond donors (Lipinski definition) is 2. The van der Waals surface area contributed by atoms with Gasteiger partial charge in [-0.3, -0.25) is 19.2 Å². The van der Waals surface area contributed by atoms with Crippen LogP contribution in [0, 0.1) is 29.5 Å². The maximum Gasteiger partial charge on any atom is 0.252 e. The van der Waals surface area contributed by atoms with Crippen LogP contribution in [0.3, 0.4) is 0 Å². The Morgan fingerprint density at radius 1 is 1.17 bits per heavy atom. The van der Waals surface area contributed by atoms with E-state index < -0.39 is 5.91 Å². The number of nitrogens with one attached hydrogen (secondary N) is 1. The number of benzene rings is 1. The summed E-state index contributed by atoms with van der Waals surface area (Å²) >= 11 is 0. The molecule has 8 heteroatoms. The highest BCUT2D eigenvalue weighted by Crippen LogP contribution is 2.66. The van der Waals surface area contributed by atoms with E-state index in [-0.39, 0.29) is 11.4 Å². The minimum atomic E-state index is -0.497. The zero-order valence-corrected chi connectivity index (χ0v) is 21.9. The molecule has 0 spiro atoms. The monoisotopic (exact) mass is 495 g/mol. The number of rotatable bonds is 4. The predicted octanol–water partition coefficient (Wildman–Crippen LogP) is 4.02. The van der Waals surface area contributed by atoms with Crippen LogP contribution in [0.5, 0.6) is 0 Å². The molecule has 2 atom stereocenters. The first-order valence-electron chi connectivity index (χ1n) is 13.0. The van der Waals surface area contributed by atoms with Gasteiger partial charge in [-0.15, -0.1) is 0 Å². The molecule has 1 aliphatic heterocycles. The van der Waals surface area contributed by atoms with Gasteiger partial charge in [0.25, 0.3) is 5.91 Å². The van der Waals surface area contributed by atoms with Gasteiger partial charge in [0.2, 0.25) is 6.41 Å². The predicted molar refractivity (Wildman–Crippen MR) is 137 cm³/mol. The van der Waals surface area contributed by atoms with Crippen LogP contribution in [0.2, 0.25) is 0 Å². The maximum atomic E-state index is 13.4. The lowest BCUT2D eigenvalue weighted by molar-refractivity contribution is -0.131. The third kappa shape index (κ3) is 4.44. The zero-order valence-electron chi connectivity index (χ0n) is 21.9. The van der Waals surface area contributed by atoms with Crippen LogP contribution in [-0.2, 0) is 17.9 Å². The van der Waals surface area contributed by atoms with Crippen LogP contribution >= 0.6 is 0 Å². The molecule has 3 N–H and O–H groups in total. The maximum absolute atomic E-state index is 13.4. The normalized spacial score (nSPS) is 32.4. The summed E-state index contributed by atoms with van der Waals surface area (Å²) in [5, 5.41) is 7.67. The molecule has 4 fully saturated rings. The van der Waals surface area contributed by atoms with Crippen molar-refractivity contribution in [1.29, 1.82) is 0 Å². The molecule has 2 aromatic rings. The molecule has 2 amide bonds. The van der Waals surface area contributed by atoms with Crippen molar-refractivity contribution in [1.82, 2.24) is 20.0 Å². The average molecular weight is 496 g/mol. The first-order chi connectivity index (χ1) is 16.9. The molecule has 36 heavy (non-hydrogen) atoms. The number of carbonyl (C=O) groups excluding carboxylic acids is 2. The molecule has 4 bridgehead atoms. The van der Waals surface area contributed by atoms with E-state index in [9.17, 15) is 14.0 Å². The zero-order chi connectivity index (χ0) is 25.9. The van der Waals surface area contributed by atoms with Gasteiger partial charge in [-0.1, -0.05) is 13.8 Å². The van der Waals surface area contributed by atoms with Gasteiger partial charge in [0.05, 0.1) is 17.8 Å². The van der Waals surface area contributed by atoms with Crippen molar-refractivity contribution in [2.45, 2.75) is 77.9 Å². The fraction of sp³-hybridized carbons (Fsp3) is 0.607. The number of aromatic nitrogens is 2. The molecule has 0 radical (unpaired) electrons. The van der Waals surface area contributed by atoms with Crippen LogP contribution in [0.15, 0.2) is 18.2 Å². The van der Waals surface area contributed by atoms with Gasteiger partial charge < -0.3 is 11.1 Å². The van der Waals surface area contributed by atoms with Crippen molar-refractivity contribution < 1.29 is 14.0 Å². The molecule has 1 aromatic carbocycles. The molecule has 1 aromatic heterocycles. The molecule has 2 unspecified atom stereocenters. The minimum absolute atomic E-state index is 0.157. The number of fused-ring (bicyclic) bond motifs is 1. The van der Waals surface area contributed by atoms with Crippen LogP contribution in [0.4, 0.5) is 4.39 Å². The van der Waals surface area contributed by atoms with Gasteiger partial charge >= 0.3 is 0 Å². The third-order valence-corrected chi connectivity index (χ3v) is 8.84. The first kappa shape index (κ1) is 24.9. The summed E-state index contributed by atoms with van der Waals surface area (Å²) in [6.45, 7) is 8.76. The van der Waals surface area contributed by atoms with E-state index in [0.717, 1.165) is 24.6 Å². The Morgan fingerprint density at radius 2 is 1.86 bits per heavy atom. The topological polar surface area (TPSA) is 93.2 Å². The van der Waals surface area contributed by atoms with Crippen LogP contribution in [0.1, 0.15) is 74.0 Å². The summed E-state index contributed by atoms with van der Waals surface area (Å²) in [6.07, 6.45) is 8.75. The lowest BCUT2D eigenvalue weighted by Gasteiger charge is -2.65. The van der Waals surface area contributed by atoms with Gasteiger partial charge in [0.1, 0.15) is 11.5 Å². The molecule has 4 saturated carbocycles. The van der Waals surface area contributed by atoms with Crippen molar-refractivity contribution in [3.63, 3.8) is 0 Å². The summed E-state index contributed by atoms with van der Waals surface area (Å²) in [4.78, 5) is 24.8. The fourth-order valence-corrected chi connectivity index (χ4v) is 8.43. The number of primary amides is 1. The smallest absolute Gasteiger partial charge is 0.252 e. The Kier molecular flexibility index (Phi) is 6.01. The molecule has 194 valence electrons. The Labute approximate surface area is 212 Å². The number of amides is 2. The standard InChI is InChI=1S/C15H17FN4O.C13H21NO/c1-9-7-10(3-4-11(9)16)14-13(15(17)21)12-8-19(2)5-6-20(12)18-14;1-11-3-10-4-12(2,6-11)8-13(5-10,7-11)14-9-15/h3-4,7H,5-6,8H2,1-2H3,(H2,17,21);9-10H,3-8H2,1-2H3,(H,14,15). The molecule has 7 nitrogen and oxygen atoms in total. The Balaban J connectivity index is 0.000000156. The van der Waals surface area contributed by atoms with Gasteiger partial charge in [0, 0.05) is 24.2 Å². The summed E-state index contributed by atoms with van der Waals surface area (Å²) in [7, 11) is 1.99. The third-order valence-electron chi connectivity index (χ3n) is 8.84. The van der Waals surface area contributed by atoms with Gasteiger partial charge in [-0.2, -0.15) is 5.10 Å². The highest BCUT2D eigenvalue weighted by molar-refractivity contribution is 6.00. The molecular formula is C28H38FN5O2. The van der Waals surface area contributed by atoms with Gasteiger partial charge in [-0.25, -0.2) is 4.39 Å². The quantitative estimate of drug-likeness (QED) is 0.627. The number of nitrogens with zero attached hydrogens (tertiary/aromatic N) is 3. The second-order valence-corrected chi connectivity index (χ2v) is 12.6. The Morgan fingerprint density at radius 3 is 2.44 bits per heavy atom. The van der Waals surface area contributed by atoms with Crippen LogP contribution in [-0.4, -0.2) is 46.1 Å². The van der Waals surface area contributed by atoms with E-state index in [1.54, 1.807) is 19.1 Å². The summed E-state index contributed by atoms with van der Waals surface area (Å²) in [6, 6.07) is 4.71. The number of carbonyl (C=O) groups is 2. The highest BCUT2D eigenvalue weighted by atomic mass is 19.1. The number of likely N-dealkylation sites (N-methyl/N-ethyl adjacent to an activating group) is 1. The number of aryl methyl sites for hydroxylation is 1. The SMILES string of the molecule is CC12CC3CC(C)(C1)CC(NC=O)(C3)C2.Cc1cc(-c2nn3c(c2C(N)=O)CN(C)CC3)ccc1F. The van der Waals surface area contributed by atoms with Crippen molar-refractivity contribution in [3.8, 4) is 11.3 Å². The van der Waals surface area contributed by atoms with Crippen molar-refractivity contribution in [2.75, 3.05) is 13.6 Å². The van der Waals surface area contributed by atoms with Crippen molar-refractivity contribution >= 4 is 12.3 Å². The van der Waals surface area contributed by atoms with Crippen molar-refractivity contribution in [3.05, 3.63) is 40.8 Å². The second kappa shape index (κ2) is 8.68. The number of nitrogens with two attached hydrogens (primary N) is 1. The van der Waals surface area contributed by atoms with E-state index in [0.29, 0.717) is 46.3 Å². The Bertz CT molecular complexity index is 1190. The summed E-state index contributed by atoms with van der Waals surface area (Å²) in [5.41, 5.74) is 9.75. The van der Waals surface area contributed by atoms with E-state index >= 15 is 0 Å². The van der Waals surface area contributed by atoms with Crippen molar-refractivity contribution in [2.24, 2.45) is 22.5 Å². The highest BCUT2D eigenvalue weighted by Gasteiger charge is 2.60. The lowest BCUT2D eigenvalue weighted by Crippen LogP contribution is -2.63. The number of halogens is 1. The molecule has 5 aliphatic rings. The van der Waals surface area contributed by atoms with E-state index in [1.165, 1.54) is 44.6 Å². The second-order valence-electron chi connectivity index (χ2n) is 12.6. The van der Waals surface area contributed by atoms with Crippen LogP contribution in [0.25, 0.3) is 11.3 Å². The molecule has 2 heterocycles. The van der Waals surface area contributed by atoms with Gasteiger partial charge in [0.15, 0.2) is 0 Å². The minimum Gasteiger partial charge on any atom is -0.365 e. The Hall–Kier alpha value is -2.74. The molecule has 0 saturated heterocycles. The molecular weight excluding hydrogens is 457 g/mol. The fourth-order valence-electron chi connectivity index (χ4n) is 8.43. The summed E-state index contributed by atoms with van der Waals surface area (Å²) in [5.74, 6) is 0.0929. The van der Waals surface area contributed by atoms with Crippen LogP contribution < -0.4 is 11.1 Å². The molecule has 7 rings (SSSR count). The van der Waals surface area contributed by atoms with Gasteiger partial charge in [-0.05, 0) is 93.0 Å². The lowest BCUT2D eigenvalue weighted by atomic mass is 9.43. The van der Waals surface area contributed by atoms with E-state index in [1.807, 2.05) is 11.7 Å². The summed E-state index contributed by atoms with van der Waals surface area (Å²) < 4.78 is 15.3. The van der Waals surface area contributed by atoms with E-state index in [4.69, 9.17) is 5.73 Å². The molecule has 4 aliphatic carbocycles. The van der Waals surface area contributed by atoms with E-state index in [2.05, 4.69) is 29.2 Å². The largest absolute Gasteiger partial charge is 0.365 e. The average Bonchev–Trinajstić information content (AvgIpc) is 3.12. The number of hydrogen-bond acceptors (Lipinski definition) is 4.